The van der Waals surface area contributed by atoms with Crippen molar-refractivity contribution in [3.63, 3.8) is 0 Å². The molecular formula is C18H15BrN2O2S. The summed E-state index contributed by atoms with van der Waals surface area (Å²) in [5.74, 6) is 0.401. The molecule has 3 aromatic rings. The first-order valence-electron chi connectivity index (χ1n) is 7.26. The van der Waals surface area contributed by atoms with Crippen molar-refractivity contribution in [1.29, 1.82) is 0 Å². The number of carbonyl (C=O) groups excluding carboxylic acids is 1. The van der Waals surface area contributed by atoms with Crippen LogP contribution < -0.4 is 10.1 Å². The van der Waals surface area contributed by atoms with Crippen molar-refractivity contribution in [2.24, 2.45) is 0 Å². The number of nitrogens with zero attached hydrogens (tertiary/aromatic N) is 1. The van der Waals surface area contributed by atoms with Crippen LogP contribution in [0.4, 0.5) is 5.13 Å². The third-order valence-electron chi connectivity index (χ3n) is 3.47. The van der Waals surface area contributed by atoms with E-state index in [4.69, 9.17) is 4.74 Å². The summed E-state index contributed by atoms with van der Waals surface area (Å²) in [5, 5.41) is 3.44. The lowest BCUT2D eigenvalue weighted by atomic mass is 10.2. The van der Waals surface area contributed by atoms with E-state index in [0.29, 0.717) is 20.9 Å². The molecule has 1 aromatic heterocycles. The number of benzene rings is 2. The second-order valence-corrected chi connectivity index (χ2v) is 6.95. The number of aryl methyl sites for hydroxylation is 1. The van der Waals surface area contributed by atoms with E-state index in [1.54, 1.807) is 25.3 Å². The largest absolute Gasteiger partial charge is 0.497 e. The van der Waals surface area contributed by atoms with Gasteiger partial charge in [0.25, 0.3) is 5.91 Å². The number of anilines is 1. The van der Waals surface area contributed by atoms with Gasteiger partial charge in [-0.25, -0.2) is 4.98 Å². The molecular weight excluding hydrogens is 388 g/mol. The van der Waals surface area contributed by atoms with Crippen molar-refractivity contribution in [3.8, 4) is 16.2 Å². The van der Waals surface area contributed by atoms with Crippen LogP contribution in [0.15, 0.2) is 53.0 Å². The van der Waals surface area contributed by atoms with E-state index in [1.807, 2.05) is 37.3 Å². The van der Waals surface area contributed by atoms with E-state index in [0.717, 1.165) is 16.1 Å². The second-order valence-electron chi connectivity index (χ2n) is 5.10. The number of aromatic nitrogens is 1. The molecule has 3 rings (SSSR count). The molecule has 2 aromatic carbocycles. The van der Waals surface area contributed by atoms with Crippen LogP contribution in [0.2, 0.25) is 0 Å². The summed E-state index contributed by atoms with van der Waals surface area (Å²) in [6, 6.07) is 15.3. The lowest BCUT2D eigenvalue weighted by Gasteiger charge is -2.06. The first-order valence-corrected chi connectivity index (χ1v) is 8.87. The van der Waals surface area contributed by atoms with E-state index in [-0.39, 0.29) is 5.91 Å². The molecule has 0 aliphatic rings. The maximum Gasteiger partial charge on any atom is 0.258 e. The highest BCUT2D eigenvalue weighted by atomic mass is 79.9. The summed E-state index contributed by atoms with van der Waals surface area (Å²) in [4.78, 5) is 18.0. The average Bonchev–Trinajstić information content (AvgIpc) is 2.96. The van der Waals surface area contributed by atoms with Gasteiger partial charge in [-0.2, -0.15) is 0 Å². The minimum absolute atomic E-state index is 0.228. The SMILES string of the molecule is COc1ccc(Br)c(C(=O)Nc2nc(C)c(-c3ccccc3)s2)c1. The minimum Gasteiger partial charge on any atom is -0.497 e. The molecule has 1 heterocycles. The first-order chi connectivity index (χ1) is 11.6. The molecule has 1 N–H and O–H groups in total. The van der Waals surface area contributed by atoms with Crippen LogP contribution in [-0.4, -0.2) is 18.0 Å². The molecule has 0 atom stereocenters. The van der Waals surface area contributed by atoms with Crippen molar-refractivity contribution in [2.75, 3.05) is 12.4 Å². The number of nitrogens with one attached hydrogen (secondary N) is 1. The summed E-state index contributed by atoms with van der Waals surface area (Å²) in [7, 11) is 1.57. The highest BCUT2D eigenvalue weighted by molar-refractivity contribution is 9.10. The molecule has 0 unspecified atom stereocenters. The highest BCUT2D eigenvalue weighted by Crippen LogP contribution is 2.33. The molecule has 0 spiro atoms. The minimum atomic E-state index is -0.228. The monoisotopic (exact) mass is 402 g/mol. The Hall–Kier alpha value is -2.18. The Balaban J connectivity index is 1.86. The smallest absolute Gasteiger partial charge is 0.258 e. The summed E-state index contributed by atoms with van der Waals surface area (Å²) in [6.45, 7) is 1.94. The lowest BCUT2D eigenvalue weighted by molar-refractivity contribution is 0.102. The predicted octanol–water partition coefficient (Wildman–Crippen LogP) is 5.14. The third kappa shape index (κ3) is 3.49. The summed E-state index contributed by atoms with van der Waals surface area (Å²) in [6.07, 6.45) is 0. The standard InChI is InChI=1S/C18H15BrN2O2S/c1-11-16(12-6-4-3-5-7-12)24-18(20-11)21-17(22)14-10-13(23-2)8-9-15(14)19/h3-10H,1-2H3,(H,20,21,22). The molecule has 1 amide bonds. The highest BCUT2D eigenvalue weighted by Gasteiger charge is 2.15. The van der Waals surface area contributed by atoms with E-state index in [9.17, 15) is 4.79 Å². The Kier molecular flexibility index (Phi) is 4.97. The Labute approximate surface area is 152 Å². The van der Waals surface area contributed by atoms with Gasteiger partial charge in [0, 0.05) is 4.47 Å². The van der Waals surface area contributed by atoms with E-state index >= 15 is 0 Å². The van der Waals surface area contributed by atoms with E-state index in [2.05, 4.69) is 26.2 Å². The predicted molar refractivity (Wildman–Crippen MR) is 101 cm³/mol. The first kappa shape index (κ1) is 16.7. The van der Waals surface area contributed by atoms with E-state index in [1.165, 1.54) is 11.3 Å². The van der Waals surface area contributed by atoms with Gasteiger partial charge in [0.05, 0.1) is 23.2 Å². The van der Waals surface area contributed by atoms with Gasteiger partial charge in [-0.05, 0) is 46.6 Å². The Morgan fingerprint density at radius 2 is 1.96 bits per heavy atom. The van der Waals surface area contributed by atoms with Gasteiger partial charge in [-0.15, -0.1) is 0 Å². The van der Waals surface area contributed by atoms with Crippen LogP contribution in [0.1, 0.15) is 16.1 Å². The van der Waals surface area contributed by atoms with Crippen molar-refractivity contribution >= 4 is 38.3 Å². The van der Waals surface area contributed by atoms with Gasteiger partial charge >= 0.3 is 0 Å². The van der Waals surface area contributed by atoms with Crippen LogP contribution in [0.3, 0.4) is 0 Å². The molecule has 0 saturated carbocycles. The van der Waals surface area contributed by atoms with Gasteiger partial charge in [0.15, 0.2) is 5.13 Å². The lowest BCUT2D eigenvalue weighted by Crippen LogP contribution is -2.12. The van der Waals surface area contributed by atoms with Crippen LogP contribution in [0, 0.1) is 6.92 Å². The number of hydrogen-bond donors (Lipinski definition) is 1. The summed E-state index contributed by atoms with van der Waals surface area (Å²) < 4.78 is 5.88. The van der Waals surface area contributed by atoms with Crippen LogP contribution >= 0.6 is 27.3 Å². The summed E-state index contributed by atoms with van der Waals surface area (Å²) in [5.41, 5.74) is 2.49. The number of rotatable bonds is 4. The number of hydrogen-bond acceptors (Lipinski definition) is 4. The number of amides is 1. The van der Waals surface area contributed by atoms with Gasteiger partial charge in [0.2, 0.25) is 0 Å². The van der Waals surface area contributed by atoms with Gasteiger partial charge in [-0.1, -0.05) is 41.7 Å². The molecule has 0 radical (unpaired) electrons. The Morgan fingerprint density at radius 1 is 1.21 bits per heavy atom. The van der Waals surface area contributed by atoms with Gasteiger partial charge < -0.3 is 4.74 Å². The Bertz CT molecular complexity index is 878. The fourth-order valence-electron chi connectivity index (χ4n) is 2.28. The molecule has 0 aliphatic heterocycles. The molecule has 0 bridgehead atoms. The second kappa shape index (κ2) is 7.15. The van der Waals surface area contributed by atoms with Crippen molar-refractivity contribution in [3.05, 3.63) is 64.3 Å². The van der Waals surface area contributed by atoms with Crippen LogP contribution in [0.5, 0.6) is 5.75 Å². The van der Waals surface area contributed by atoms with Crippen LogP contribution in [0.25, 0.3) is 10.4 Å². The molecule has 122 valence electrons. The van der Waals surface area contributed by atoms with Crippen molar-refractivity contribution < 1.29 is 9.53 Å². The van der Waals surface area contributed by atoms with E-state index < -0.39 is 0 Å². The molecule has 0 aliphatic carbocycles. The molecule has 6 heteroatoms. The topological polar surface area (TPSA) is 51.2 Å². The molecule has 24 heavy (non-hydrogen) atoms. The number of carbonyl (C=O) groups is 1. The summed E-state index contributed by atoms with van der Waals surface area (Å²) >= 11 is 4.86. The molecule has 0 fully saturated rings. The normalized spacial score (nSPS) is 10.5. The molecule has 4 nitrogen and oxygen atoms in total. The number of methoxy groups -OCH3 is 1. The van der Waals surface area contributed by atoms with Crippen LogP contribution in [-0.2, 0) is 0 Å². The van der Waals surface area contributed by atoms with Crippen molar-refractivity contribution in [2.45, 2.75) is 6.92 Å². The number of ether oxygens (including phenoxy) is 1. The quantitative estimate of drug-likeness (QED) is 0.656. The fourth-order valence-corrected chi connectivity index (χ4v) is 3.67. The van der Waals surface area contributed by atoms with Gasteiger partial charge in [0.1, 0.15) is 5.75 Å². The van der Waals surface area contributed by atoms with Gasteiger partial charge in [-0.3, -0.25) is 10.1 Å². The Morgan fingerprint density at radius 3 is 2.67 bits per heavy atom. The number of thiazole rings is 1. The zero-order valence-electron chi connectivity index (χ0n) is 13.2. The zero-order chi connectivity index (χ0) is 17.1. The average molecular weight is 403 g/mol. The zero-order valence-corrected chi connectivity index (χ0v) is 15.6. The third-order valence-corrected chi connectivity index (χ3v) is 5.28. The number of halogens is 1. The molecule has 0 saturated heterocycles. The maximum atomic E-state index is 12.5. The van der Waals surface area contributed by atoms with Crippen molar-refractivity contribution in [1.82, 2.24) is 4.98 Å². The maximum absolute atomic E-state index is 12.5. The fraction of sp³-hybridized carbons (Fsp3) is 0.111.